The Labute approximate surface area is 188 Å². The van der Waals surface area contributed by atoms with Crippen molar-refractivity contribution in [1.29, 1.82) is 0 Å². The fourth-order valence-corrected chi connectivity index (χ4v) is 4.38. The second kappa shape index (κ2) is 7.75. The van der Waals surface area contributed by atoms with Crippen molar-refractivity contribution in [2.24, 2.45) is 0 Å². The molecule has 0 atom stereocenters. The zero-order valence-corrected chi connectivity index (χ0v) is 17.5. The number of benzene rings is 5. The normalized spacial score (nSPS) is 11.9. The first-order valence-corrected chi connectivity index (χ1v) is 10.8. The van der Waals surface area contributed by atoms with E-state index in [1.54, 1.807) is 0 Å². The van der Waals surface area contributed by atoms with Gasteiger partial charge in [-0.1, -0.05) is 91.0 Å². The van der Waals surface area contributed by atoms with Crippen LogP contribution in [0.15, 0.2) is 127 Å². The molecule has 1 heterocycles. The number of fused-ring (bicyclic) bond motifs is 2. The van der Waals surface area contributed by atoms with Crippen LogP contribution in [0, 0.1) is 0 Å². The molecule has 0 radical (unpaired) electrons. The van der Waals surface area contributed by atoms with Crippen molar-refractivity contribution in [2.75, 3.05) is 4.90 Å². The van der Waals surface area contributed by atoms with Crippen molar-refractivity contribution in [1.82, 2.24) is 0 Å². The Morgan fingerprint density at radius 3 is 1.53 bits per heavy atom. The zero-order chi connectivity index (χ0) is 21.3. The molecule has 6 rings (SSSR count). The largest absolute Gasteiger partial charge is 0.453 e. The fraction of sp³-hybridized carbons (Fsp3) is 0. The average molecular weight is 412 g/mol. The van der Waals surface area contributed by atoms with Crippen LogP contribution in [-0.2, 0) is 0 Å². The van der Waals surface area contributed by atoms with E-state index in [1.807, 2.05) is 24.3 Å². The van der Waals surface area contributed by atoms with E-state index in [-0.39, 0.29) is 0 Å². The zero-order valence-electron chi connectivity index (χ0n) is 17.5. The highest BCUT2D eigenvalue weighted by atomic mass is 16.5. The third-order valence-corrected chi connectivity index (χ3v) is 5.86. The first kappa shape index (κ1) is 18.5. The Kier molecular flexibility index (Phi) is 4.47. The topological polar surface area (TPSA) is 12.5 Å². The summed E-state index contributed by atoms with van der Waals surface area (Å²) in [6.07, 6.45) is 0. The van der Waals surface area contributed by atoms with E-state index in [0.717, 1.165) is 28.6 Å². The maximum absolute atomic E-state index is 6.20. The minimum atomic E-state index is 0.861. The van der Waals surface area contributed by atoms with E-state index in [1.165, 1.54) is 22.3 Å². The van der Waals surface area contributed by atoms with Gasteiger partial charge in [-0.15, -0.1) is 0 Å². The molecule has 2 nitrogen and oxygen atoms in total. The van der Waals surface area contributed by atoms with Gasteiger partial charge in [0.05, 0.1) is 11.4 Å². The third-order valence-electron chi connectivity index (χ3n) is 5.86. The molecule has 5 aromatic rings. The van der Waals surface area contributed by atoms with Gasteiger partial charge in [-0.2, -0.15) is 0 Å². The summed E-state index contributed by atoms with van der Waals surface area (Å²) in [7, 11) is 0. The molecule has 0 bridgehead atoms. The molecule has 0 saturated carbocycles. The molecule has 0 spiro atoms. The van der Waals surface area contributed by atoms with Crippen molar-refractivity contribution in [3.8, 4) is 33.8 Å². The molecular weight excluding hydrogens is 390 g/mol. The van der Waals surface area contributed by atoms with E-state index in [0.29, 0.717) is 0 Å². The van der Waals surface area contributed by atoms with Gasteiger partial charge < -0.3 is 9.64 Å². The van der Waals surface area contributed by atoms with E-state index in [4.69, 9.17) is 4.74 Å². The predicted molar refractivity (Wildman–Crippen MR) is 132 cm³/mol. The predicted octanol–water partition coefficient (Wildman–Crippen LogP) is 8.60. The Hall–Kier alpha value is -4.30. The first-order valence-electron chi connectivity index (χ1n) is 10.8. The lowest BCUT2D eigenvalue weighted by atomic mass is 9.93. The summed E-state index contributed by atoms with van der Waals surface area (Å²) in [5, 5.41) is 0. The van der Waals surface area contributed by atoms with Crippen molar-refractivity contribution >= 4 is 17.1 Å². The van der Waals surface area contributed by atoms with Gasteiger partial charge in [0.15, 0.2) is 11.5 Å². The van der Waals surface area contributed by atoms with Crippen LogP contribution < -0.4 is 9.64 Å². The molecule has 0 fully saturated rings. The summed E-state index contributed by atoms with van der Waals surface area (Å²) in [5.41, 5.74) is 8.01. The van der Waals surface area contributed by atoms with Gasteiger partial charge in [-0.3, -0.25) is 0 Å². The minimum Gasteiger partial charge on any atom is -0.453 e. The van der Waals surface area contributed by atoms with Crippen LogP contribution in [0.2, 0.25) is 0 Å². The fourth-order valence-electron chi connectivity index (χ4n) is 4.38. The first-order chi connectivity index (χ1) is 15.9. The van der Waals surface area contributed by atoms with Crippen LogP contribution in [0.3, 0.4) is 0 Å². The van der Waals surface area contributed by atoms with Gasteiger partial charge in [0, 0.05) is 5.69 Å². The van der Waals surface area contributed by atoms with E-state index in [2.05, 4.69) is 108 Å². The second-order valence-electron chi connectivity index (χ2n) is 7.83. The Balaban J connectivity index is 1.58. The smallest absolute Gasteiger partial charge is 0.151 e. The van der Waals surface area contributed by atoms with Gasteiger partial charge in [0.25, 0.3) is 0 Å². The number of para-hydroxylation sites is 4. The highest BCUT2D eigenvalue weighted by Gasteiger charge is 2.25. The molecule has 1 aliphatic heterocycles. The Morgan fingerprint density at radius 1 is 0.438 bits per heavy atom. The summed E-state index contributed by atoms with van der Waals surface area (Å²) in [6.45, 7) is 0. The van der Waals surface area contributed by atoms with Crippen LogP contribution in [-0.4, -0.2) is 0 Å². The van der Waals surface area contributed by atoms with E-state index in [9.17, 15) is 0 Å². The maximum atomic E-state index is 6.20. The second-order valence-corrected chi connectivity index (χ2v) is 7.83. The van der Waals surface area contributed by atoms with E-state index >= 15 is 0 Å². The number of rotatable bonds is 3. The molecule has 0 aromatic heterocycles. The molecule has 0 unspecified atom stereocenters. The molecule has 32 heavy (non-hydrogen) atoms. The van der Waals surface area contributed by atoms with Crippen molar-refractivity contribution < 1.29 is 4.74 Å². The van der Waals surface area contributed by atoms with E-state index < -0.39 is 0 Å². The molecule has 0 aliphatic carbocycles. The highest BCUT2D eigenvalue weighted by molar-refractivity contribution is 5.91. The lowest BCUT2D eigenvalue weighted by molar-refractivity contribution is 0.477. The monoisotopic (exact) mass is 411 g/mol. The van der Waals surface area contributed by atoms with Gasteiger partial charge in [0.1, 0.15) is 0 Å². The summed E-state index contributed by atoms with van der Waals surface area (Å²) in [5.74, 6) is 1.72. The molecule has 0 saturated heterocycles. The summed E-state index contributed by atoms with van der Waals surface area (Å²) in [6, 6.07) is 44.3. The maximum Gasteiger partial charge on any atom is 0.151 e. The molecule has 0 amide bonds. The molecule has 0 N–H and O–H groups in total. The third kappa shape index (κ3) is 3.14. The summed E-state index contributed by atoms with van der Waals surface area (Å²) < 4.78 is 6.20. The summed E-state index contributed by atoms with van der Waals surface area (Å²) in [4.78, 5) is 2.29. The SMILES string of the molecule is c1ccc(-c2ccc(N3c4ccccc4Oc4ccccc43)cc2-c2ccccc2)cc1. The highest BCUT2D eigenvalue weighted by Crippen LogP contribution is 2.51. The minimum absolute atomic E-state index is 0.861. The molecule has 152 valence electrons. The standard InChI is InChI=1S/C30H21NO/c1-3-11-22(12-4-1)25-20-19-24(21-26(25)23-13-5-2-6-14-23)31-27-15-7-9-17-29(27)32-30-18-10-8-16-28(30)31/h1-21H. The quantitative estimate of drug-likeness (QED) is 0.289. The van der Waals surface area contributed by atoms with Crippen LogP contribution in [0.4, 0.5) is 17.1 Å². The molecule has 1 aliphatic rings. The average Bonchev–Trinajstić information content (AvgIpc) is 2.88. The van der Waals surface area contributed by atoms with Gasteiger partial charge in [0.2, 0.25) is 0 Å². The number of hydrogen-bond acceptors (Lipinski definition) is 2. The van der Waals surface area contributed by atoms with Crippen LogP contribution >= 0.6 is 0 Å². The molecule has 5 aromatic carbocycles. The molecular formula is C30H21NO. The number of anilines is 3. The van der Waals surface area contributed by atoms with Crippen molar-refractivity contribution in [3.63, 3.8) is 0 Å². The lowest BCUT2D eigenvalue weighted by Gasteiger charge is -2.33. The van der Waals surface area contributed by atoms with Crippen LogP contribution in [0.5, 0.6) is 11.5 Å². The Bertz CT molecular complexity index is 1350. The van der Waals surface area contributed by atoms with Gasteiger partial charge in [-0.25, -0.2) is 0 Å². The van der Waals surface area contributed by atoms with Crippen molar-refractivity contribution in [3.05, 3.63) is 127 Å². The van der Waals surface area contributed by atoms with Gasteiger partial charge in [-0.05, 0) is 58.7 Å². The number of ether oxygens (including phenoxy) is 1. The van der Waals surface area contributed by atoms with Crippen LogP contribution in [0.1, 0.15) is 0 Å². The number of hydrogen-bond donors (Lipinski definition) is 0. The Morgan fingerprint density at radius 2 is 0.938 bits per heavy atom. The lowest BCUT2D eigenvalue weighted by Crippen LogP contribution is -2.15. The summed E-state index contributed by atoms with van der Waals surface area (Å²) >= 11 is 0. The van der Waals surface area contributed by atoms with Crippen LogP contribution in [0.25, 0.3) is 22.3 Å². The molecule has 2 heteroatoms. The van der Waals surface area contributed by atoms with Crippen molar-refractivity contribution in [2.45, 2.75) is 0 Å². The number of nitrogens with zero attached hydrogens (tertiary/aromatic N) is 1. The van der Waals surface area contributed by atoms with Gasteiger partial charge >= 0.3 is 0 Å².